The maximum atomic E-state index is 13.8. The van der Waals surface area contributed by atoms with Gasteiger partial charge >= 0.3 is 0 Å². The van der Waals surface area contributed by atoms with Crippen LogP contribution in [0.4, 0.5) is 4.39 Å². The van der Waals surface area contributed by atoms with Crippen LogP contribution in [0.1, 0.15) is 31.7 Å². The van der Waals surface area contributed by atoms with Crippen molar-refractivity contribution < 1.29 is 4.39 Å². The zero-order chi connectivity index (χ0) is 13.8. The molecule has 1 heterocycles. The van der Waals surface area contributed by atoms with Crippen molar-refractivity contribution in [1.82, 2.24) is 5.32 Å². The maximum Gasteiger partial charge on any atom is 0.131 e. The molecule has 0 aliphatic rings. The molecular formula is C16H20FNS. The minimum absolute atomic E-state index is 0.152. The minimum atomic E-state index is -0.152. The van der Waals surface area contributed by atoms with E-state index in [0.717, 1.165) is 11.4 Å². The molecule has 2 aromatic rings. The Bertz CT molecular complexity index is 533. The summed E-state index contributed by atoms with van der Waals surface area (Å²) in [7, 11) is 0. The standard InChI is InChI=1S/C16H20FNS/c1-4-18-16(11(2)3)15-10-9-14(19-15)12-7-5-6-8-13(12)17/h5-11,16,18H,4H2,1-3H3. The summed E-state index contributed by atoms with van der Waals surface area (Å²) < 4.78 is 13.8. The molecule has 1 aromatic carbocycles. The molecular weight excluding hydrogens is 257 g/mol. The highest BCUT2D eigenvalue weighted by atomic mass is 32.1. The zero-order valence-electron chi connectivity index (χ0n) is 11.6. The van der Waals surface area contributed by atoms with Crippen LogP contribution in [0.2, 0.25) is 0 Å². The van der Waals surface area contributed by atoms with E-state index in [1.54, 1.807) is 17.4 Å². The minimum Gasteiger partial charge on any atom is -0.309 e. The molecule has 0 fully saturated rings. The lowest BCUT2D eigenvalue weighted by Gasteiger charge is -2.20. The molecule has 0 radical (unpaired) electrons. The molecule has 102 valence electrons. The molecule has 1 nitrogen and oxygen atoms in total. The van der Waals surface area contributed by atoms with Crippen molar-refractivity contribution in [1.29, 1.82) is 0 Å². The van der Waals surface area contributed by atoms with E-state index in [1.165, 1.54) is 10.9 Å². The van der Waals surface area contributed by atoms with Crippen molar-refractivity contribution in [2.24, 2.45) is 5.92 Å². The molecule has 1 unspecified atom stereocenters. The van der Waals surface area contributed by atoms with E-state index in [4.69, 9.17) is 0 Å². The molecule has 0 aliphatic carbocycles. The molecule has 1 N–H and O–H groups in total. The summed E-state index contributed by atoms with van der Waals surface area (Å²) >= 11 is 1.67. The van der Waals surface area contributed by atoms with E-state index in [0.29, 0.717) is 17.5 Å². The largest absolute Gasteiger partial charge is 0.309 e. The van der Waals surface area contributed by atoms with Gasteiger partial charge in [0.2, 0.25) is 0 Å². The van der Waals surface area contributed by atoms with Gasteiger partial charge in [-0.1, -0.05) is 39.0 Å². The highest BCUT2D eigenvalue weighted by Gasteiger charge is 2.17. The quantitative estimate of drug-likeness (QED) is 0.823. The normalized spacial score (nSPS) is 12.9. The third kappa shape index (κ3) is 3.23. The van der Waals surface area contributed by atoms with Gasteiger partial charge in [-0.05, 0) is 30.7 Å². The summed E-state index contributed by atoms with van der Waals surface area (Å²) in [6, 6.07) is 11.4. The van der Waals surface area contributed by atoms with Gasteiger partial charge in [-0.15, -0.1) is 11.3 Å². The predicted molar refractivity (Wildman–Crippen MR) is 81.0 cm³/mol. The van der Waals surface area contributed by atoms with Gasteiger partial charge in [0.1, 0.15) is 5.82 Å². The topological polar surface area (TPSA) is 12.0 Å². The van der Waals surface area contributed by atoms with Crippen molar-refractivity contribution in [2.75, 3.05) is 6.54 Å². The summed E-state index contributed by atoms with van der Waals surface area (Å²) in [5, 5.41) is 3.49. The summed E-state index contributed by atoms with van der Waals surface area (Å²) in [5.74, 6) is 0.368. The first-order chi connectivity index (χ1) is 9.13. The molecule has 0 amide bonds. The second kappa shape index (κ2) is 6.31. The molecule has 19 heavy (non-hydrogen) atoms. The predicted octanol–water partition coefficient (Wildman–Crippen LogP) is 4.86. The molecule has 1 aromatic heterocycles. The Kier molecular flexibility index (Phi) is 4.72. The lowest BCUT2D eigenvalue weighted by Crippen LogP contribution is -2.24. The van der Waals surface area contributed by atoms with Crippen molar-refractivity contribution in [3.63, 3.8) is 0 Å². The van der Waals surface area contributed by atoms with Crippen LogP contribution in [-0.4, -0.2) is 6.54 Å². The third-order valence-corrected chi connectivity index (χ3v) is 4.36. The average Bonchev–Trinajstić information content (AvgIpc) is 2.85. The van der Waals surface area contributed by atoms with E-state index in [9.17, 15) is 4.39 Å². The Labute approximate surface area is 118 Å². The van der Waals surface area contributed by atoms with Crippen LogP contribution in [0.15, 0.2) is 36.4 Å². The number of nitrogens with one attached hydrogen (secondary N) is 1. The van der Waals surface area contributed by atoms with Crippen LogP contribution in [0.3, 0.4) is 0 Å². The van der Waals surface area contributed by atoms with Gasteiger partial charge in [-0.3, -0.25) is 0 Å². The number of thiophene rings is 1. The lowest BCUT2D eigenvalue weighted by molar-refractivity contribution is 0.428. The Morgan fingerprint density at radius 2 is 1.89 bits per heavy atom. The molecule has 3 heteroatoms. The molecule has 0 bridgehead atoms. The summed E-state index contributed by atoms with van der Waals surface area (Å²) in [6.07, 6.45) is 0. The Balaban J connectivity index is 2.30. The Morgan fingerprint density at radius 1 is 1.16 bits per heavy atom. The molecule has 0 spiro atoms. The second-order valence-corrected chi connectivity index (χ2v) is 6.08. The lowest BCUT2D eigenvalue weighted by atomic mass is 10.0. The average molecular weight is 277 g/mol. The molecule has 2 rings (SSSR count). The highest BCUT2D eigenvalue weighted by Crippen LogP contribution is 2.35. The van der Waals surface area contributed by atoms with Crippen molar-refractivity contribution in [2.45, 2.75) is 26.8 Å². The van der Waals surface area contributed by atoms with Crippen LogP contribution >= 0.6 is 11.3 Å². The van der Waals surface area contributed by atoms with Crippen LogP contribution in [0, 0.1) is 11.7 Å². The van der Waals surface area contributed by atoms with Crippen molar-refractivity contribution in [3.05, 3.63) is 47.1 Å². The summed E-state index contributed by atoms with van der Waals surface area (Å²) in [5.41, 5.74) is 0.692. The Morgan fingerprint density at radius 3 is 2.53 bits per heavy atom. The molecule has 1 atom stereocenters. The fraction of sp³-hybridized carbons (Fsp3) is 0.375. The van der Waals surface area contributed by atoms with Gasteiger partial charge in [0.15, 0.2) is 0 Å². The molecule has 0 aliphatic heterocycles. The van der Waals surface area contributed by atoms with E-state index >= 15 is 0 Å². The fourth-order valence-corrected chi connectivity index (χ4v) is 3.49. The number of hydrogen-bond donors (Lipinski definition) is 1. The molecule has 0 saturated carbocycles. The third-order valence-electron chi connectivity index (χ3n) is 3.16. The first-order valence-electron chi connectivity index (χ1n) is 6.71. The first kappa shape index (κ1) is 14.2. The van der Waals surface area contributed by atoms with E-state index < -0.39 is 0 Å². The molecule has 0 saturated heterocycles. The van der Waals surface area contributed by atoms with Gasteiger partial charge in [0, 0.05) is 21.4 Å². The maximum absolute atomic E-state index is 13.8. The number of benzene rings is 1. The Hall–Kier alpha value is -1.19. The van der Waals surface area contributed by atoms with Crippen LogP contribution in [0.25, 0.3) is 10.4 Å². The second-order valence-electron chi connectivity index (χ2n) is 4.96. The monoisotopic (exact) mass is 277 g/mol. The van der Waals surface area contributed by atoms with Gasteiger partial charge in [-0.2, -0.15) is 0 Å². The van der Waals surface area contributed by atoms with Crippen molar-refractivity contribution >= 4 is 11.3 Å². The zero-order valence-corrected chi connectivity index (χ0v) is 12.4. The van der Waals surface area contributed by atoms with Gasteiger partial charge in [-0.25, -0.2) is 4.39 Å². The van der Waals surface area contributed by atoms with E-state index in [2.05, 4.69) is 32.2 Å². The van der Waals surface area contributed by atoms with Gasteiger partial charge in [0.25, 0.3) is 0 Å². The van der Waals surface area contributed by atoms with Crippen LogP contribution < -0.4 is 5.32 Å². The summed E-state index contributed by atoms with van der Waals surface area (Å²) in [6.45, 7) is 7.46. The van der Waals surface area contributed by atoms with Crippen LogP contribution in [0.5, 0.6) is 0 Å². The SMILES string of the molecule is CCNC(c1ccc(-c2ccccc2F)s1)C(C)C. The van der Waals surface area contributed by atoms with Crippen LogP contribution in [-0.2, 0) is 0 Å². The van der Waals surface area contributed by atoms with E-state index in [1.807, 2.05) is 18.2 Å². The smallest absolute Gasteiger partial charge is 0.131 e. The van der Waals surface area contributed by atoms with Gasteiger partial charge < -0.3 is 5.32 Å². The number of halogens is 1. The van der Waals surface area contributed by atoms with E-state index in [-0.39, 0.29) is 5.82 Å². The summed E-state index contributed by atoms with van der Waals surface area (Å²) in [4.78, 5) is 2.27. The number of rotatable bonds is 5. The fourth-order valence-electron chi connectivity index (χ4n) is 2.21. The highest BCUT2D eigenvalue weighted by molar-refractivity contribution is 7.15. The number of hydrogen-bond acceptors (Lipinski definition) is 2. The van der Waals surface area contributed by atoms with Gasteiger partial charge in [0.05, 0.1) is 0 Å². The first-order valence-corrected chi connectivity index (χ1v) is 7.53. The van der Waals surface area contributed by atoms with Crippen molar-refractivity contribution in [3.8, 4) is 10.4 Å².